The Morgan fingerprint density at radius 1 is 1.06 bits per heavy atom. The summed E-state index contributed by atoms with van der Waals surface area (Å²) < 4.78 is 7.06. The molecule has 3 saturated carbocycles. The summed E-state index contributed by atoms with van der Waals surface area (Å²) in [6.07, 6.45) is 11.4. The number of carbonyl (C=O) groups excluding carboxylic acids is 2. The van der Waals surface area contributed by atoms with E-state index in [2.05, 4.69) is 42.5 Å². The second-order valence-corrected chi connectivity index (χ2v) is 12.6. The van der Waals surface area contributed by atoms with Crippen molar-refractivity contribution in [2.45, 2.75) is 78.2 Å². The molecule has 0 aromatic heterocycles. The Morgan fingerprint density at radius 2 is 1.88 bits per heavy atom. The van der Waals surface area contributed by atoms with Crippen LogP contribution in [0.4, 0.5) is 0 Å². The molecule has 4 heteroatoms. The average Bonchev–Trinajstić information content (AvgIpc) is 3.11. The summed E-state index contributed by atoms with van der Waals surface area (Å²) in [6, 6.07) is 7.68. The first kappa shape index (κ1) is 22.6. The van der Waals surface area contributed by atoms with Gasteiger partial charge in [-0.2, -0.15) is 0 Å². The number of halogens is 1. The number of fused-ring (bicyclic) bond motifs is 5. The van der Waals surface area contributed by atoms with E-state index in [9.17, 15) is 9.59 Å². The van der Waals surface area contributed by atoms with Gasteiger partial charge in [-0.15, -0.1) is 0 Å². The summed E-state index contributed by atoms with van der Waals surface area (Å²) in [5, 5.41) is 0. The molecular weight excluding hydrogens is 511 g/mol. The van der Waals surface area contributed by atoms with Crippen LogP contribution in [-0.2, 0) is 9.53 Å². The number of ether oxygens (including phenoxy) is 1. The van der Waals surface area contributed by atoms with Crippen molar-refractivity contribution >= 4 is 34.3 Å². The fourth-order valence-electron chi connectivity index (χ4n) is 8.27. The van der Waals surface area contributed by atoms with Crippen molar-refractivity contribution in [2.75, 3.05) is 0 Å². The van der Waals surface area contributed by atoms with Crippen molar-refractivity contribution in [1.82, 2.24) is 0 Å². The Bertz CT molecular complexity index is 967. The maximum Gasteiger partial charge on any atom is 0.338 e. The molecule has 0 bridgehead atoms. The minimum atomic E-state index is -0.173. The number of hydrogen-bond donors (Lipinski definition) is 0. The molecule has 0 amide bonds. The zero-order valence-corrected chi connectivity index (χ0v) is 21.7. The quantitative estimate of drug-likeness (QED) is 0.303. The van der Waals surface area contributed by atoms with Gasteiger partial charge in [0.2, 0.25) is 0 Å². The Kier molecular flexibility index (Phi) is 5.83. The van der Waals surface area contributed by atoms with E-state index in [1.807, 2.05) is 24.3 Å². The van der Waals surface area contributed by atoms with Gasteiger partial charge in [0.15, 0.2) is 5.78 Å². The number of esters is 1. The monoisotopic (exact) mass is 546 g/mol. The van der Waals surface area contributed by atoms with E-state index in [1.165, 1.54) is 19.3 Å². The summed E-state index contributed by atoms with van der Waals surface area (Å²) in [5.41, 5.74) is 2.21. The molecule has 5 rings (SSSR count). The van der Waals surface area contributed by atoms with Gasteiger partial charge in [0.1, 0.15) is 6.10 Å². The smallest absolute Gasteiger partial charge is 0.338 e. The third kappa shape index (κ3) is 3.59. The minimum Gasteiger partial charge on any atom is -0.459 e. The number of rotatable bonds is 3. The highest BCUT2D eigenvalue weighted by molar-refractivity contribution is 14.1. The Morgan fingerprint density at radius 3 is 2.62 bits per heavy atom. The van der Waals surface area contributed by atoms with Crippen LogP contribution in [0.5, 0.6) is 0 Å². The molecule has 0 N–H and O–H groups in total. The second kappa shape index (κ2) is 8.25. The van der Waals surface area contributed by atoms with Gasteiger partial charge in [0.25, 0.3) is 0 Å². The van der Waals surface area contributed by atoms with E-state index in [-0.39, 0.29) is 23.3 Å². The third-order valence-corrected chi connectivity index (χ3v) is 10.6. The van der Waals surface area contributed by atoms with Crippen LogP contribution < -0.4 is 0 Å². The van der Waals surface area contributed by atoms with Gasteiger partial charge in [-0.25, -0.2) is 4.79 Å². The number of hydrogen-bond acceptors (Lipinski definition) is 3. The van der Waals surface area contributed by atoms with Gasteiger partial charge < -0.3 is 4.74 Å². The van der Waals surface area contributed by atoms with Crippen LogP contribution in [0.15, 0.2) is 35.9 Å². The summed E-state index contributed by atoms with van der Waals surface area (Å²) in [5.74, 6) is 2.85. The predicted octanol–water partition coefficient (Wildman–Crippen LogP) is 6.98. The molecule has 0 heterocycles. The number of carbonyl (C=O) groups is 2. The molecule has 0 aliphatic heterocycles. The van der Waals surface area contributed by atoms with Crippen LogP contribution >= 0.6 is 22.6 Å². The first-order valence-electron chi connectivity index (χ1n) is 12.4. The Balaban J connectivity index is 1.28. The summed E-state index contributed by atoms with van der Waals surface area (Å²) >= 11 is 2.24. The lowest BCUT2D eigenvalue weighted by Crippen LogP contribution is -2.54. The van der Waals surface area contributed by atoms with E-state index >= 15 is 0 Å². The van der Waals surface area contributed by atoms with E-state index in [0.29, 0.717) is 22.8 Å². The van der Waals surface area contributed by atoms with Gasteiger partial charge in [-0.05, 0) is 139 Å². The molecule has 1 aromatic rings. The summed E-state index contributed by atoms with van der Waals surface area (Å²) in [6.45, 7) is 6.65. The van der Waals surface area contributed by atoms with Crippen molar-refractivity contribution in [3.63, 3.8) is 0 Å². The molecule has 3 nitrogen and oxygen atoms in total. The molecule has 4 aliphatic rings. The van der Waals surface area contributed by atoms with E-state index < -0.39 is 0 Å². The Hall–Kier alpha value is -1.17. The molecule has 172 valence electrons. The molecule has 0 radical (unpaired) electrons. The van der Waals surface area contributed by atoms with Crippen LogP contribution in [0, 0.1) is 38.1 Å². The van der Waals surface area contributed by atoms with Crippen molar-refractivity contribution in [2.24, 2.45) is 34.5 Å². The molecule has 7 unspecified atom stereocenters. The first-order valence-corrected chi connectivity index (χ1v) is 13.5. The number of benzene rings is 1. The van der Waals surface area contributed by atoms with Crippen LogP contribution in [0.2, 0.25) is 0 Å². The highest BCUT2D eigenvalue weighted by atomic mass is 127. The van der Waals surface area contributed by atoms with E-state index in [4.69, 9.17) is 4.74 Å². The lowest BCUT2D eigenvalue weighted by Gasteiger charge is -2.60. The number of Topliss-reactive ketones (excluding diaryl/α,β-unsaturated/α-hetero) is 1. The van der Waals surface area contributed by atoms with Crippen LogP contribution in [0.25, 0.3) is 0 Å². The largest absolute Gasteiger partial charge is 0.459 e. The normalized spacial score (nSPS) is 40.5. The van der Waals surface area contributed by atoms with Crippen LogP contribution in [0.3, 0.4) is 0 Å². The van der Waals surface area contributed by atoms with Crippen molar-refractivity contribution < 1.29 is 14.3 Å². The molecule has 7 atom stereocenters. The van der Waals surface area contributed by atoms with Crippen molar-refractivity contribution in [1.29, 1.82) is 0 Å². The topological polar surface area (TPSA) is 43.4 Å². The number of allylic oxidation sites excluding steroid dienone is 2. The second-order valence-electron chi connectivity index (χ2n) is 11.3. The van der Waals surface area contributed by atoms with E-state index in [0.717, 1.165) is 53.1 Å². The maximum atomic E-state index is 12.7. The van der Waals surface area contributed by atoms with Crippen LogP contribution in [0.1, 0.15) is 82.5 Å². The van der Waals surface area contributed by atoms with Gasteiger partial charge in [-0.1, -0.05) is 26.0 Å². The van der Waals surface area contributed by atoms with Crippen molar-refractivity contribution in [3.8, 4) is 0 Å². The highest BCUT2D eigenvalue weighted by Crippen LogP contribution is 2.66. The maximum absolute atomic E-state index is 12.7. The minimum absolute atomic E-state index is 0.0429. The predicted molar refractivity (Wildman–Crippen MR) is 134 cm³/mol. The molecule has 32 heavy (non-hydrogen) atoms. The fourth-order valence-corrected chi connectivity index (χ4v) is 8.82. The molecule has 1 aromatic carbocycles. The zero-order valence-electron chi connectivity index (χ0n) is 19.5. The summed E-state index contributed by atoms with van der Waals surface area (Å²) in [7, 11) is 0. The fraction of sp³-hybridized carbons (Fsp3) is 0.643. The van der Waals surface area contributed by atoms with Gasteiger partial charge in [0.05, 0.1) is 5.56 Å². The van der Waals surface area contributed by atoms with E-state index in [1.54, 1.807) is 6.92 Å². The molecule has 0 spiro atoms. The average molecular weight is 546 g/mol. The molecule has 4 aliphatic carbocycles. The molecular formula is C28H35IO3. The van der Waals surface area contributed by atoms with Gasteiger partial charge >= 0.3 is 5.97 Å². The zero-order chi connectivity index (χ0) is 22.7. The molecule has 0 saturated heterocycles. The number of ketones is 1. The first-order chi connectivity index (χ1) is 15.2. The lowest BCUT2D eigenvalue weighted by molar-refractivity contribution is -0.125. The van der Waals surface area contributed by atoms with Crippen LogP contribution in [-0.4, -0.2) is 17.9 Å². The third-order valence-electron chi connectivity index (χ3n) is 9.91. The van der Waals surface area contributed by atoms with Gasteiger partial charge in [0, 0.05) is 3.57 Å². The van der Waals surface area contributed by atoms with Gasteiger partial charge in [-0.3, -0.25) is 4.79 Å². The molecule has 3 fully saturated rings. The van der Waals surface area contributed by atoms with Crippen molar-refractivity contribution in [3.05, 3.63) is 45.0 Å². The highest BCUT2D eigenvalue weighted by Gasteiger charge is 2.59. The SMILES string of the molecule is CC(=O)C1=CCC2C3CCC4CC(OC(=O)c5cccc(I)c5)CCC4(C)C3CCC12C. The summed E-state index contributed by atoms with van der Waals surface area (Å²) in [4.78, 5) is 25.0. The Labute approximate surface area is 205 Å². The lowest BCUT2D eigenvalue weighted by atomic mass is 9.44. The standard InChI is InChI=1S/C28H35IO3/c1-17(30)23-9-10-24-22-8-7-19-16-21(32-26(31)18-5-4-6-20(29)15-18)11-13-27(19,2)25(22)12-14-28(23,24)3/h4-6,9,15,19,21-22,24-25H,7-8,10-14,16H2,1-3H3.